The molecule has 25 heavy (non-hydrogen) atoms. The number of carbonyl (C=O) groups is 2. The van der Waals surface area contributed by atoms with E-state index in [-0.39, 0.29) is 18.4 Å². The number of para-hydroxylation sites is 2. The lowest BCUT2D eigenvalue weighted by molar-refractivity contribution is -0.120. The minimum Gasteiger partial charge on any atom is -0.492 e. The summed E-state index contributed by atoms with van der Waals surface area (Å²) in [4.78, 5) is 26.0. The zero-order valence-corrected chi connectivity index (χ0v) is 15.1. The fourth-order valence-corrected chi connectivity index (χ4v) is 2.68. The van der Waals surface area contributed by atoms with Gasteiger partial charge in [0.05, 0.1) is 12.3 Å². The van der Waals surface area contributed by atoms with Crippen LogP contribution in [0.25, 0.3) is 0 Å². The second-order valence-corrected chi connectivity index (χ2v) is 5.93. The first kappa shape index (κ1) is 18.5. The van der Waals surface area contributed by atoms with Crippen molar-refractivity contribution >= 4 is 23.2 Å². The van der Waals surface area contributed by atoms with Crippen LogP contribution in [-0.4, -0.2) is 25.0 Å². The van der Waals surface area contributed by atoms with Gasteiger partial charge in [-0.15, -0.1) is 0 Å². The molecular weight excluding hydrogens is 316 g/mol. The average Bonchev–Trinajstić information content (AvgIpc) is 2.53. The van der Waals surface area contributed by atoms with Gasteiger partial charge in [0.25, 0.3) is 0 Å². The molecule has 0 bridgehead atoms. The van der Waals surface area contributed by atoms with Gasteiger partial charge in [-0.05, 0) is 56.2 Å². The van der Waals surface area contributed by atoms with Gasteiger partial charge in [-0.25, -0.2) is 0 Å². The first-order chi connectivity index (χ1) is 11.9. The molecule has 0 spiro atoms. The number of anilines is 2. The summed E-state index contributed by atoms with van der Waals surface area (Å²) in [6.45, 7) is 7.73. The van der Waals surface area contributed by atoms with E-state index in [1.807, 2.05) is 51.1 Å². The van der Waals surface area contributed by atoms with Crippen molar-refractivity contribution in [3.05, 3.63) is 53.6 Å². The normalized spacial score (nSPS) is 10.2. The van der Waals surface area contributed by atoms with Gasteiger partial charge >= 0.3 is 0 Å². The maximum absolute atomic E-state index is 12.5. The van der Waals surface area contributed by atoms with Crippen LogP contribution in [0.15, 0.2) is 42.5 Å². The Bertz CT molecular complexity index is 751. The van der Waals surface area contributed by atoms with Crippen molar-refractivity contribution in [3.8, 4) is 5.75 Å². The highest BCUT2D eigenvalue weighted by molar-refractivity contribution is 6.02. The third kappa shape index (κ3) is 5.08. The van der Waals surface area contributed by atoms with Crippen LogP contribution in [0.3, 0.4) is 0 Å². The van der Waals surface area contributed by atoms with E-state index in [2.05, 4.69) is 5.32 Å². The van der Waals surface area contributed by atoms with Crippen molar-refractivity contribution in [1.82, 2.24) is 0 Å². The zero-order chi connectivity index (χ0) is 18.4. The summed E-state index contributed by atoms with van der Waals surface area (Å²) in [5.74, 6) is 0.152. The molecule has 0 radical (unpaired) electrons. The molecule has 2 rings (SSSR count). The SMILES string of the molecule is CCOc1ccccc1NC(=O)CN(C(C)=O)c1cc(C)cc(C)c1. The monoisotopic (exact) mass is 340 g/mol. The van der Waals surface area contributed by atoms with E-state index in [0.717, 1.165) is 16.8 Å². The van der Waals surface area contributed by atoms with Crippen LogP contribution in [0, 0.1) is 13.8 Å². The van der Waals surface area contributed by atoms with Crippen molar-refractivity contribution in [3.63, 3.8) is 0 Å². The van der Waals surface area contributed by atoms with Crippen LogP contribution < -0.4 is 15.0 Å². The molecule has 2 amide bonds. The molecule has 0 heterocycles. The largest absolute Gasteiger partial charge is 0.492 e. The molecule has 0 aromatic heterocycles. The van der Waals surface area contributed by atoms with Gasteiger partial charge in [-0.3, -0.25) is 9.59 Å². The van der Waals surface area contributed by atoms with E-state index >= 15 is 0 Å². The number of carbonyl (C=O) groups excluding carboxylic acids is 2. The van der Waals surface area contributed by atoms with E-state index in [4.69, 9.17) is 4.74 Å². The molecule has 2 aromatic rings. The summed E-state index contributed by atoms with van der Waals surface area (Å²) < 4.78 is 5.51. The Morgan fingerprint density at radius 1 is 1.08 bits per heavy atom. The number of benzene rings is 2. The molecule has 0 atom stereocenters. The van der Waals surface area contributed by atoms with E-state index in [0.29, 0.717) is 18.0 Å². The number of nitrogens with zero attached hydrogens (tertiary/aromatic N) is 1. The Morgan fingerprint density at radius 2 is 1.72 bits per heavy atom. The predicted octanol–water partition coefficient (Wildman–Crippen LogP) is 3.69. The standard InChI is InChI=1S/C20H24N2O3/c1-5-25-19-9-7-6-8-18(19)21-20(24)13-22(16(4)23)17-11-14(2)10-15(3)12-17/h6-12H,5,13H2,1-4H3,(H,21,24). The number of nitrogens with one attached hydrogen (secondary N) is 1. The molecule has 5 nitrogen and oxygen atoms in total. The summed E-state index contributed by atoms with van der Waals surface area (Å²) >= 11 is 0. The summed E-state index contributed by atoms with van der Waals surface area (Å²) in [7, 11) is 0. The van der Waals surface area contributed by atoms with E-state index in [1.54, 1.807) is 12.1 Å². The number of aryl methyl sites for hydroxylation is 2. The number of amides is 2. The Hall–Kier alpha value is -2.82. The molecule has 0 aliphatic carbocycles. The molecule has 0 unspecified atom stereocenters. The highest BCUT2D eigenvalue weighted by atomic mass is 16.5. The Labute approximate surface area is 148 Å². The van der Waals surface area contributed by atoms with Crippen LogP contribution in [0.2, 0.25) is 0 Å². The highest BCUT2D eigenvalue weighted by Gasteiger charge is 2.17. The van der Waals surface area contributed by atoms with E-state index in [9.17, 15) is 9.59 Å². The molecule has 5 heteroatoms. The van der Waals surface area contributed by atoms with Gasteiger partial charge in [0.1, 0.15) is 12.3 Å². The van der Waals surface area contributed by atoms with Gasteiger partial charge in [0.2, 0.25) is 11.8 Å². The number of hydrogen-bond acceptors (Lipinski definition) is 3. The van der Waals surface area contributed by atoms with Gasteiger partial charge < -0.3 is 15.0 Å². The summed E-state index contributed by atoms with van der Waals surface area (Å²) in [6, 6.07) is 13.1. The molecule has 0 saturated heterocycles. The molecule has 132 valence electrons. The van der Waals surface area contributed by atoms with Crippen LogP contribution in [0.1, 0.15) is 25.0 Å². The van der Waals surface area contributed by atoms with Crippen LogP contribution in [0.4, 0.5) is 11.4 Å². The fourth-order valence-electron chi connectivity index (χ4n) is 2.68. The third-order valence-electron chi connectivity index (χ3n) is 3.66. The smallest absolute Gasteiger partial charge is 0.244 e. The van der Waals surface area contributed by atoms with Gasteiger partial charge in [-0.1, -0.05) is 18.2 Å². The van der Waals surface area contributed by atoms with E-state index < -0.39 is 0 Å². The fraction of sp³-hybridized carbons (Fsp3) is 0.300. The van der Waals surface area contributed by atoms with Crippen LogP contribution in [-0.2, 0) is 9.59 Å². The van der Waals surface area contributed by atoms with Crippen molar-refractivity contribution in [2.75, 3.05) is 23.4 Å². The molecule has 0 saturated carbocycles. The lowest BCUT2D eigenvalue weighted by Gasteiger charge is -2.22. The maximum Gasteiger partial charge on any atom is 0.244 e. The third-order valence-corrected chi connectivity index (χ3v) is 3.66. The summed E-state index contributed by atoms with van der Waals surface area (Å²) in [5, 5.41) is 2.82. The Kier molecular flexibility index (Phi) is 6.17. The number of rotatable bonds is 6. The summed E-state index contributed by atoms with van der Waals surface area (Å²) in [6.07, 6.45) is 0. The second kappa shape index (κ2) is 8.33. The van der Waals surface area contributed by atoms with Crippen molar-refractivity contribution < 1.29 is 14.3 Å². The molecule has 2 aromatic carbocycles. The number of ether oxygens (including phenoxy) is 1. The molecule has 0 aliphatic rings. The maximum atomic E-state index is 12.5. The Balaban J connectivity index is 2.17. The minimum absolute atomic E-state index is 0.0569. The topological polar surface area (TPSA) is 58.6 Å². The quantitative estimate of drug-likeness (QED) is 0.872. The van der Waals surface area contributed by atoms with E-state index in [1.165, 1.54) is 11.8 Å². The highest BCUT2D eigenvalue weighted by Crippen LogP contribution is 2.24. The lowest BCUT2D eigenvalue weighted by Crippen LogP contribution is -2.36. The zero-order valence-electron chi connectivity index (χ0n) is 15.1. The minimum atomic E-state index is -0.276. The molecule has 0 aliphatic heterocycles. The van der Waals surface area contributed by atoms with Crippen molar-refractivity contribution in [2.24, 2.45) is 0 Å². The van der Waals surface area contributed by atoms with Crippen molar-refractivity contribution in [1.29, 1.82) is 0 Å². The molecular formula is C20H24N2O3. The Morgan fingerprint density at radius 3 is 2.32 bits per heavy atom. The first-order valence-electron chi connectivity index (χ1n) is 8.28. The molecule has 1 N–H and O–H groups in total. The first-order valence-corrected chi connectivity index (χ1v) is 8.28. The average molecular weight is 340 g/mol. The predicted molar refractivity (Wildman–Crippen MR) is 100 cm³/mol. The van der Waals surface area contributed by atoms with Crippen molar-refractivity contribution in [2.45, 2.75) is 27.7 Å². The summed E-state index contributed by atoms with van der Waals surface area (Å²) in [5.41, 5.74) is 3.41. The van der Waals surface area contributed by atoms with Crippen LogP contribution in [0.5, 0.6) is 5.75 Å². The van der Waals surface area contributed by atoms with Gasteiger partial charge in [0.15, 0.2) is 0 Å². The molecule has 0 fully saturated rings. The van der Waals surface area contributed by atoms with Gasteiger partial charge in [0, 0.05) is 12.6 Å². The lowest BCUT2D eigenvalue weighted by atomic mass is 10.1. The van der Waals surface area contributed by atoms with Crippen LogP contribution >= 0.6 is 0 Å². The number of hydrogen-bond donors (Lipinski definition) is 1. The second-order valence-electron chi connectivity index (χ2n) is 5.93. The van der Waals surface area contributed by atoms with Gasteiger partial charge in [-0.2, -0.15) is 0 Å².